The van der Waals surface area contributed by atoms with Gasteiger partial charge in [-0.3, -0.25) is 9.78 Å². The smallest absolute Gasteiger partial charge is 0.268 e. The van der Waals surface area contributed by atoms with Gasteiger partial charge >= 0.3 is 0 Å². The molecule has 5 rings (SSSR count). The zero-order chi connectivity index (χ0) is 22.8. The summed E-state index contributed by atoms with van der Waals surface area (Å²) in [6.45, 7) is 0. The Morgan fingerprint density at radius 1 is 0.848 bits per heavy atom. The second-order valence-electron chi connectivity index (χ2n) is 7.54. The number of thiophene rings is 1. The van der Waals surface area contributed by atoms with E-state index >= 15 is 0 Å². The summed E-state index contributed by atoms with van der Waals surface area (Å²) < 4.78 is 5.99. The van der Waals surface area contributed by atoms with E-state index in [1.54, 1.807) is 54.9 Å². The van der Waals surface area contributed by atoms with Crippen LogP contribution in [0.2, 0.25) is 0 Å². The standard InChI is InChI=1S/C25H19N5O2S/c1-30(2)25(31)17-9-7-16(8-10-17)21-13-26-14-22(27-21)24-29-28-23(32-24)20-6-4-3-5-19(20)18-11-12-33-15-18/h3-15H,1-2H3. The Hall–Kier alpha value is -4.17. The van der Waals surface area contributed by atoms with Crippen LogP contribution in [0.15, 0.2) is 82.2 Å². The van der Waals surface area contributed by atoms with E-state index in [9.17, 15) is 4.79 Å². The van der Waals surface area contributed by atoms with Crippen molar-refractivity contribution in [2.45, 2.75) is 0 Å². The van der Waals surface area contributed by atoms with Crippen LogP contribution in [-0.4, -0.2) is 45.1 Å². The minimum absolute atomic E-state index is 0.0532. The van der Waals surface area contributed by atoms with Gasteiger partial charge in [0.05, 0.1) is 18.1 Å². The van der Waals surface area contributed by atoms with Crippen LogP contribution in [0.1, 0.15) is 10.4 Å². The Bertz CT molecular complexity index is 1410. The van der Waals surface area contributed by atoms with Crippen LogP contribution < -0.4 is 0 Å². The predicted octanol–water partition coefficient (Wildman–Crippen LogP) is 5.29. The lowest BCUT2D eigenvalue weighted by Gasteiger charge is -2.10. The molecule has 0 bridgehead atoms. The van der Waals surface area contributed by atoms with E-state index < -0.39 is 0 Å². The first-order valence-electron chi connectivity index (χ1n) is 10.2. The average Bonchev–Trinajstić information content (AvgIpc) is 3.56. The van der Waals surface area contributed by atoms with Crippen LogP contribution in [0.5, 0.6) is 0 Å². The molecular formula is C25H19N5O2S. The Labute approximate surface area is 194 Å². The summed E-state index contributed by atoms with van der Waals surface area (Å²) in [6, 6.07) is 17.2. The van der Waals surface area contributed by atoms with Crippen LogP contribution in [0, 0.1) is 0 Å². The van der Waals surface area contributed by atoms with Crippen LogP contribution >= 0.6 is 11.3 Å². The van der Waals surface area contributed by atoms with Gasteiger partial charge in [-0.1, -0.05) is 30.3 Å². The number of nitrogens with zero attached hydrogens (tertiary/aromatic N) is 5. The highest BCUT2D eigenvalue weighted by molar-refractivity contribution is 7.08. The molecule has 0 aliphatic carbocycles. The number of benzene rings is 2. The topological polar surface area (TPSA) is 85.0 Å². The summed E-state index contributed by atoms with van der Waals surface area (Å²) in [5.74, 6) is 0.659. The van der Waals surface area contributed by atoms with E-state index in [1.165, 1.54) is 0 Å². The first-order valence-corrected chi connectivity index (χ1v) is 11.1. The van der Waals surface area contributed by atoms with E-state index in [2.05, 4.69) is 31.6 Å². The lowest BCUT2D eigenvalue weighted by atomic mass is 10.0. The molecular weight excluding hydrogens is 434 g/mol. The third kappa shape index (κ3) is 4.16. The molecule has 5 aromatic rings. The summed E-state index contributed by atoms with van der Waals surface area (Å²) in [5, 5.41) is 12.6. The molecule has 7 nitrogen and oxygen atoms in total. The van der Waals surface area contributed by atoms with Gasteiger partial charge in [0.1, 0.15) is 5.69 Å². The number of hydrogen-bond donors (Lipinski definition) is 0. The van der Waals surface area contributed by atoms with Gasteiger partial charge in [-0.25, -0.2) is 4.98 Å². The summed E-state index contributed by atoms with van der Waals surface area (Å²) in [7, 11) is 3.45. The molecule has 0 atom stereocenters. The fraction of sp³-hybridized carbons (Fsp3) is 0.0800. The van der Waals surface area contributed by atoms with Crippen LogP contribution in [0.25, 0.3) is 45.4 Å². The molecule has 0 fully saturated rings. The third-order valence-corrected chi connectivity index (χ3v) is 5.79. The van der Waals surface area contributed by atoms with Crippen molar-refractivity contribution < 1.29 is 9.21 Å². The van der Waals surface area contributed by atoms with Gasteiger partial charge in [-0.15, -0.1) is 10.2 Å². The van der Waals surface area contributed by atoms with E-state index in [0.29, 0.717) is 28.7 Å². The highest BCUT2D eigenvalue weighted by Crippen LogP contribution is 2.33. The largest absolute Gasteiger partial charge is 0.415 e. The molecule has 0 saturated heterocycles. The monoisotopic (exact) mass is 453 g/mol. The Balaban J connectivity index is 1.45. The fourth-order valence-electron chi connectivity index (χ4n) is 3.42. The molecule has 1 amide bonds. The maximum atomic E-state index is 12.1. The normalized spacial score (nSPS) is 10.8. The molecule has 8 heteroatoms. The second-order valence-corrected chi connectivity index (χ2v) is 8.32. The van der Waals surface area contributed by atoms with Crippen molar-refractivity contribution in [3.05, 3.63) is 83.3 Å². The van der Waals surface area contributed by atoms with E-state index in [4.69, 9.17) is 4.42 Å². The summed E-state index contributed by atoms with van der Waals surface area (Å²) in [4.78, 5) is 22.6. The molecule has 0 saturated carbocycles. The maximum absolute atomic E-state index is 12.1. The summed E-state index contributed by atoms with van der Waals surface area (Å²) in [5.41, 5.74) is 5.57. The SMILES string of the molecule is CN(C)C(=O)c1ccc(-c2cncc(-c3nnc(-c4ccccc4-c4ccsc4)o3)n2)cc1. The van der Waals surface area contributed by atoms with Gasteiger partial charge in [0.15, 0.2) is 0 Å². The average molecular weight is 454 g/mol. The molecule has 33 heavy (non-hydrogen) atoms. The lowest BCUT2D eigenvalue weighted by Crippen LogP contribution is -2.21. The van der Waals surface area contributed by atoms with Crippen LogP contribution in [0.3, 0.4) is 0 Å². The molecule has 0 N–H and O–H groups in total. The number of amides is 1. The number of carbonyl (C=O) groups is 1. The molecule has 0 aliphatic heterocycles. The highest BCUT2D eigenvalue weighted by atomic mass is 32.1. The van der Waals surface area contributed by atoms with Crippen molar-refractivity contribution in [2.24, 2.45) is 0 Å². The van der Waals surface area contributed by atoms with Gasteiger partial charge in [0.2, 0.25) is 5.89 Å². The molecule has 0 aliphatic rings. The minimum atomic E-state index is -0.0532. The number of aromatic nitrogens is 4. The quantitative estimate of drug-likeness (QED) is 0.359. The van der Waals surface area contributed by atoms with Crippen molar-refractivity contribution in [1.82, 2.24) is 25.1 Å². The molecule has 162 valence electrons. The third-order valence-electron chi connectivity index (χ3n) is 5.10. The van der Waals surface area contributed by atoms with Gasteiger partial charge in [0, 0.05) is 30.8 Å². The number of carbonyl (C=O) groups excluding carboxylic acids is 1. The zero-order valence-electron chi connectivity index (χ0n) is 18.0. The van der Waals surface area contributed by atoms with E-state index in [-0.39, 0.29) is 5.91 Å². The minimum Gasteiger partial charge on any atom is -0.415 e. The number of hydrogen-bond acceptors (Lipinski definition) is 7. The van der Waals surface area contributed by atoms with Crippen molar-refractivity contribution in [3.63, 3.8) is 0 Å². The molecule has 0 unspecified atom stereocenters. The molecule has 0 radical (unpaired) electrons. The van der Waals surface area contributed by atoms with Crippen LogP contribution in [-0.2, 0) is 0 Å². The van der Waals surface area contributed by atoms with Crippen molar-refractivity contribution in [1.29, 1.82) is 0 Å². The maximum Gasteiger partial charge on any atom is 0.268 e. The summed E-state index contributed by atoms with van der Waals surface area (Å²) >= 11 is 1.64. The Kier molecular flexibility index (Phi) is 5.50. The van der Waals surface area contributed by atoms with Crippen molar-refractivity contribution >= 4 is 17.2 Å². The van der Waals surface area contributed by atoms with Crippen molar-refractivity contribution in [3.8, 4) is 45.4 Å². The zero-order valence-corrected chi connectivity index (χ0v) is 18.8. The van der Waals surface area contributed by atoms with Gasteiger partial charge < -0.3 is 9.32 Å². The number of rotatable bonds is 5. The highest BCUT2D eigenvalue weighted by Gasteiger charge is 2.17. The van der Waals surface area contributed by atoms with Gasteiger partial charge in [0.25, 0.3) is 11.8 Å². The van der Waals surface area contributed by atoms with E-state index in [1.807, 2.05) is 41.8 Å². The lowest BCUT2D eigenvalue weighted by molar-refractivity contribution is 0.0827. The fourth-order valence-corrected chi connectivity index (χ4v) is 4.08. The predicted molar refractivity (Wildman–Crippen MR) is 128 cm³/mol. The molecule has 2 aromatic carbocycles. The molecule has 0 spiro atoms. The molecule has 3 aromatic heterocycles. The van der Waals surface area contributed by atoms with E-state index in [0.717, 1.165) is 22.3 Å². The van der Waals surface area contributed by atoms with Gasteiger partial charge in [-0.2, -0.15) is 11.3 Å². The van der Waals surface area contributed by atoms with Gasteiger partial charge in [-0.05, 0) is 46.2 Å². The Morgan fingerprint density at radius 3 is 2.30 bits per heavy atom. The first kappa shape index (κ1) is 20.7. The van der Waals surface area contributed by atoms with Crippen LogP contribution in [0.4, 0.5) is 0 Å². The Morgan fingerprint density at radius 2 is 1.58 bits per heavy atom. The summed E-state index contributed by atoms with van der Waals surface area (Å²) in [6.07, 6.45) is 3.25. The first-order chi connectivity index (χ1) is 16.1. The molecule has 3 heterocycles. The van der Waals surface area contributed by atoms with Crippen molar-refractivity contribution in [2.75, 3.05) is 14.1 Å². The second kappa shape index (κ2) is 8.76.